The summed E-state index contributed by atoms with van der Waals surface area (Å²) in [7, 11) is 0. The first-order valence-corrected chi connectivity index (χ1v) is 6.94. The first-order valence-electron chi connectivity index (χ1n) is 6.94. The van der Waals surface area contributed by atoms with Gasteiger partial charge in [0.15, 0.2) is 5.69 Å². The van der Waals surface area contributed by atoms with E-state index in [-0.39, 0.29) is 11.1 Å². The van der Waals surface area contributed by atoms with E-state index in [1.165, 1.54) is 19.3 Å². The number of nitrogens with zero attached hydrogens (tertiary/aromatic N) is 1. The van der Waals surface area contributed by atoms with E-state index in [1.54, 1.807) is 0 Å². The molecule has 0 saturated heterocycles. The summed E-state index contributed by atoms with van der Waals surface area (Å²) in [5.41, 5.74) is 1.18. The van der Waals surface area contributed by atoms with E-state index < -0.39 is 5.97 Å². The molecule has 0 atom stereocenters. The van der Waals surface area contributed by atoms with Gasteiger partial charge in [0.2, 0.25) is 0 Å². The molecule has 18 heavy (non-hydrogen) atoms. The van der Waals surface area contributed by atoms with E-state index >= 15 is 0 Å². The van der Waals surface area contributed by atoms with Crippen LogP contribution in [-0.4, -0.2) is 21.0 Å². The lowest BCUT2D eigenvalue weighted by Crippen LogP contribution is -2.26. The quantitative estimate of drug-likeness (QED) is 0.863. The lowest BCUT2D eigenvalue weighted by Gasteiger charge is -2.31. The Kier molecular flexibility index (Phi) is 2.68. The number of imidazole rings is 1. The summed E-state index contributed by atoms with van der Waals surface area (Å²) >= 11 is 0. The standard InChI is InChI=1S/C14H20N2O2/c1-14(7-3-2-4-8-14)13-15-10(9-5-6-9)11(16-13)12(17)18/h9H,2-8H2,1H3,(H,15,16)(H,17,18). The van der Waals surface area contributed by atoms with E-state index in [0.29, 0.717) is 5.92 Å². The molecule has 2 N–H and O–H groups in total. The van der Waals surface area contributed by atoms with Gasteiger partial charge in [-0.25, -0.2) is 9.78 Å². The Bertz CT molecular complexity index is 468. The number of carboxylic acids is 1. The maximum absolute atomic E-state index is 11.3. The van der Waals surface area contributed by atoms with Crippen LogP contribution in [0, 0.1) is 0 Å². The predicted octanol–water partition coefficient (Wildman–Crippen LogP) is 3.21. The summed E-state index contributed by atoms with van der Waals surface area (Å²) < 4.78 is 0. The molecule has 0 aliphatic heterocycles. The van der Waals surface area contributed by atoms with E-state index in [2.05, 4.69) is 16.9 Å². The van der Waals surface area contributed by atoms with Crippen LogP contribution in [0.3, 0.4) is 0 Å². The average molecular weight is 248 g/mol. The van der Waals surface area contributed by atoms with Gasteiger partial charge >= 0.3 is 5.97 Å². The Morgan fingerprint density at radius 1 is 1.33 bits per heavy atom. The highest BCUT2D eigenvalue weighted by molar-refractivity contribution is 5.87. The maximum Gasteiger partial charge on any atom is 0.356 e. The van der Waals surface area contributed by atoms with Crippen LogP contribution in [0.1, 0.15) is 79.8 Å². The first kappa shape index (κ1) is 11.8. The molecule has 0 aromatic carbocycles. The minimum atomic E-state index is -0.890. The highest BCUT2D eigenvalue weighted by Crippen LogP contribution is 2.43. The molecule has 0 amide bonds. The van der Waals surface area contributed by atoms with Crippen LogP contribution in [0.2, 0.25) is 0 Å². The van der Waals surface area contributed by atoms with Crippen molar-refractivity contribution in [2.75, 3.05) is 0 Å². The third kappa shape index (κ3) is 1.93. The van der Waals surface area contributed by atoms with Gasteiger partial charge in [0.05, 0.1) is 5.69 Å². The number of aromatic amines is 1. The van der Waals surface area contributed by atoms with Gasteiger partial charge in [-0.3, -0.25) is 0 Å². The summed E-state index contributed by atoms with van der Waals surface area (Å²) in [6.45, 7) is 2.22. The van der Waals surface area contributed by atoms with Crippen LogP contribution in [-0.2, 0) is 5.41 Å². The van der Waals surface area contributed by atoms with Crippen molar-refractivity contribution in [3.8, 4) is 0 Å². The third-order valence-corrected chi connectivity index (χ3v) is 4.45. The molecule has 0 radical (unpaired) electrons. The van der Waals surface area contributed by atoms with Gasteiger partial charge in [0.25, 0.3) is 0 Å². The van der Waals surface area contributed by atoms with E-state index in [0.717, 1.165) is 37.2 Å². The van der Waals surface area contributed by atoms with Gasteiger partial charge in [-0.1, -0.05) is 26.2 Å². The largest absolute Gasteiger partial charge is 0.476 e. The van der Waals surface area contributed by atoms with Crippen molar-refractivity contribution in [2.24, 2.45) is 0 Å². The Hall–Kier alpha value is -1.32. The Morgan fingerprint density at radius 3 is 2.56 bits per heavy atom. The van der Waals surface area contributed by atoms with Crippen LogP contribution < -0.4 is 0 Å². The number of carboxylic acid groups (broad SMARTS) is 1. The Labute approximate surface area is 107 Å². The predicted molar refractivity (Wildman–Crippen MR) is 68.0 cm³/mol. The number of nitrogens with one attached hydrogen (secondary N) is 1. The molecule has 0 bridgehead atoms. The van der Waals surface area contributed by atoms with Crippen LogP contribution >= 0.6 is 0 Å². The second kappa shape index (κ2) is 4.11. The SMILES string of the molecule is CC1(c2nc(C(=O)O)c(C3CC3)[nH]2)CCCCC1. The van der Waals surface area contributed by atoms with Crippen LogP contribution in [0.15, 0.2) is 0 Å². The van der Waals surface area contributed by atoms with E-state index in [1.807, 2.05) is 0 Å². The summed E-state index contributed by atoms with van der Waals surface area (Å²) in [6, 6.07) is 0. The Balaban J connectivity index is 1.96. The van der Waals surface area contributed by atoms with Crippen LogP contribution in [0.4, 0.5) is 0 Å². The monoisotopic (exact) mass is 248 g/mol. The third-order valence-electron chi connectivity index (χ3n) is 4.45. The molecule has 1 aromatic rings. The van der Waals surface area contributed by atoms with Gasteiger partial charge in [-0.15, -0.1) is 0 Å². The molecule has 0 spiro atoms. The lowest BCUT2D eigenvalue weighted by atomic mass is 9.75. The number of carbonyl (C=O) groups is 1. The number of aromatic carboxylic acids is 1. The van der Waals surface area contributed by atoms with E-state index in [9.17, 15) is 9.90 Å². The molecular formula is C14H20N2O2. The summed E-state index contributed by atoms with van der Waals surface area (Å²) in [4.78, 5) is 19.0. The molecular weight excluding hydrogens is 228 g/mol. The molecule has 0 unspecified atom stereocenters. The van der Waals surface area contributed by atoms with Crippen molar-refractivity contribution < 1.29 is 9.90 Å². The van der Waals surface area contributed by atoms with Gasteiger partial charge in [0.1, 0.15) is 5.82 Å². The molecule has 1 heterocycles. The zero-order valence-corrected chi connectivity index (χ0v) is 10.8. The van der Waals surface area contributed by atoms with Crippen molar-refractivity contribution in [3.05, 3.63) is 17.2 Å². The minimum Gasteiger partial charge on any atom is -0.476 e. The fraction of sp³-hybridized carbons (Fsp3) is 0.714. The molecule has 2 saturated carbocycles. The van der Waals surface area contributed by atoms with Crippen molar-refractivity contribution in [1.29, 1.82) is 0 Å². The zero-order valence-electron chi connectivity index (χ0n) is 10.8. The number of rotatable bonds is 3. The topological polar surface area (TPSA) is 66.0 Å². The van der Waals surface area contributed by atoms with Crippen molar-refractivity contribution >= 4 is 5.97 Å². The zero-order chi connectivity index (χ0) is 12.8. The molecule has 4 nitrogen and oxygen atoms in total. The van der Waals surface area contributed by atoms with Crippen molar-refractivity contribution in [2.45, 2.75) is 63.2 Å². The lowest BCUT2D eigenvalue weighted by molar-refractivity contribution is 0.0689. The number of hydrogen-bond acceptors (Lipinski definition) is 2. The van der Waals surface area contributed by atoms with Gasteiger partial charge < -0.3 is 10.1 Å². The maximum atomic E-state index is 11.3. The number of H-pyrrole nitrogens is 1. The molecule has 4 heteroatoms. The first-order chi connectivity index (χ1) is 8.60. The molecule has 2 fully saturated rings. The second-order valence-corrected chi connectivity index (χ2v) is 6.05. The molecule has 2 aliphatic carbocycles. The van der Waals surface area contributed by atoms with Gasteiger partial charge in [-0.05, 0) is 25.7 Å². The number of hydrogen-bond donors (Lipinski definition) is 2. The minimum absolute atomic E-state index is 0.0512. The molecule has 3 rings (SSSR count). The Morgan fingerprint density at radius 2 is 2.00 bits per heavy atom. The molecule has 2 aliphatic rings. The van der Waals surface area contributed by atoms with Crippen LogP contribution in [0.5, 0.6) is 0 Å². The van der Waals surface area contributed by atoms with Gasteiger partial charge in [0, 0.05) is 11.3 Å². The fourth-order valence-corrected chi connectivity index (χ4v) is 3.07. The van der Waals surface area contributed by atoms with Gasteiger partial charge in [-0.2, -0.15) is 0 Å². The van der Waals surface area contributed by atoms with Crippen molar-refractivity contribution in [3.63, 3.8) is 0 Å². The highest BCUT2D eigenvalue weighted by Gasteiger charge is 2.37. The van der Waals surface area contributed by atoms with Crippen LogP contribution in [0.25, 0.3) is 0 Å². The summed E-state index contributed by atoms with van der Waals surface area (Å²) in [5, 5.41) is 9.26. The number of aromatic nitrogens is 2. The normalized spacial score (nSPS) is 22.9. The molecule has 98 valence electrons. The second-order valence-electron chi connectivity index (χ2n) is 6.05. The summed E-state index contributed by atoms with van der Waals surface area (Å²) in [6.07, 6.45) is 8.15. The average Bonchev–Trinajstić information content (AvgIpc) is 3.08. The summed E-state index contributed by atoms with van der Waals surface area (Å²) in [5.74, 6) is 0.421. The highest BCUT2D eigenvalue weighted by atomic mass is 16.4. The van der Waals surface area contributed by atoms with Crippen molar-refractivity contribution in [1.82, 2.24) is 9.97 Å². The fourth-order valence-electron chi connectivity index (χ4n) is 3.07. The molecule has 1 aromatic heterocycles. The van der Waals surface area contributed by atoms with E-state index in [4.69, 9.17) is 0 Å². The smallest absolute Gasteiger partial charge is 0.356 e.